The van der Waals surface area contributed by atoms with Gasteiger partial charge in [-0.3, -0.25) is 4.79 Å². The van der Waals surface area contributed by atoms with Gasteiger partial charge in [-0.05, 0) is 18.6 Å². The summed E-state index contributed by atoms with van der Waals surface area (Å²) in [4.78, 5) is 27.3. The van der Waals surface area contributed by atoms with Gasteiger partial charge in [-0.2, -0.15) is 9.78 Å². The molecule has 0 fully saturated rings. The van der Waals surface area contributed by atoms with Gasteiger partial charge in [0.15, 0.2) is 0 Å². The van der Waals surface area contributed by atoms with E-state index in [9.17, 15) is 9.59 Å². The second-order valence-electron chi connectivity index (χ2n) is 5.01. The van der Waals surface area contributed by atoms with Crippen LogP contribution in [-0.2, 0) is 11.2 Å². The number of nitrogens with one attached hydrogen (secondary N) is 1. The van der Waals surface area contributed by atoms with Gasteiger partial charge in [0.2, 0.25) is 0 Å². The van der Waals surface area contributed by atoms with Crippen LogP contribution < -0.4 is 5.73 Å². The van der Waals surface area contributed by atoms with Crippen molar-refractivity contribution in [3.8, 4) is 0 Å². The van der Waals surface area contributed by atoms with E-state index in [0.717, 1.165) is 21.1 Å². The number of fused-ring (bicyclic) bond motifs is 1. The van der Waals surface area contributed by atoms with E-state index in [4.69, 9.17) is 10.5 Å². The smallest absolute Gasteiger partial charge is 0.343 e. The maximum atomic E-state index is 12.4. The minimum absolute atomic E-state index is 0.00621. The zero-order valence-corrected chi connectivity index (χ0v) is 12.6. The molecule has 3 aromatic rings. The summed E-state index contributed by atoms with van der Waals surface area (Å²) < 4.78 is 5.91. The number of aromatic amines is 1. The molecule has 0 radical (unpaired) electrons. The molecule has 0 atom stereocenters. The SMILES string of the molecule is CCOC(=O)c1cnn(C(=O)Cc2c[nH]c3ccccc23)c1N. The van der Waals surface area contributed by atoms with Gasteiger partial charge >= 0.3 is 5.97 Å². The fourth-order valence-electron chi connectivity index (χ4n) is 2.44. The Labute approximate surface area is 132 Å². The lowest BCUT2D eigenvalue weighted by molar-refractivity contribution is 0.0527. The summed E-state index contributed by atoms with van der Waals surface area (Å²) >= 11 is 0. The van der Waals surface area contributed by atoms with E-state index in [1.807, 2.05) is 24.3 Å². The zero-order chi connectivity index (χ0) is 16.4. The van der Waals surface area contributed by atoms with Gasteiger partial charge < -0.3 is 15.5 Å². The highest BCUT2D eigenvalue weighted by Crippen LogP contribution is 2.20. The number of carbonyl (C=O) groups excluding carboxylic acids is 2. The van der Waals surface area contributed by atoms with Crippen molar-refractivity contribution in [1.82, 2.24) is 14.8 Å². The van der Waals surface area contributed by atoms with E-state index in [-0.39, 0.29) is 30.3 Å². The third-order valence-electron chi connectivity index (χ3n) is 3.55. The highest BCUT2D eigenvalue weighted by molar-refractivity contribution is 5.97. The lowest BCUT2D eigenvalue weighted by Crippen LogP contribution is -2.18. The Morgan fingerprint density at radius 3 is 2.91 bits per heavy atom. The molecule has 0 bridgehead atoms. The Kier molecular flexibility index (Phi) is 3.84. The third kappa shape index (κ3) is 2.68. The van der Waals surface area contributed by atoms with Crippen LogP contribution in [0.5, 0.6) is 0 Å². The number of esters is 1. The first-order valence-electron chi connectivity index (χ1n) is 7.20. The number of nitrogens with zero attached hydrogens (tertiary/aromatic N) is 2. The molecule has 23 heavy (non-hydrogen) atoms. The largest absolute Gasteiger partial charge is 0.462 e. The molecule has 0 spiro atoms. The average Bonchev–Trinajstić information content (AvgIpc) is 3.12. The molecule has 0 aliphatic rings. The number of para-hydroxylation sites is 1. The van der Waals surface area contributed by atoms with Crippen LogP contribution in [0.4, 0.5) is 5.82 Å². The van der Waals surface area contributed by atoms with Gasteiger partial charge in [0.1, 0.15) is 11.4 Å². The van der Waals surface area contributed by atoms with Gasteiger partial charge in [-0.25, -0.2) is 4.79 Å². The number of benzene rings is 1. The molecule has 1 aromatic carbocycles. The number of H-pyrrole nitrogens is 1. The molecule has 118 valence electrons. The number of hydrogen-bond donors (Lipinski definition) is 2. The van der Waals surface area contributed by atoms with Gasteiger partial charge in [-0.15, -0.1) is 0 Å². The normalized spacial score (nSPS) is 10.8. The average molecular weight is 312 g/mol. The molecule has 0 saturated heterocycles. The van der Waals surface area contributed by atoms with Gasteiger partial charge in [-0.1, -0.05) is 18.2 Å². The molecule has 3 N–H and O–H groups in total. The van der Waals surface area contributed by atoms with Crippen LogP contribution in [0.1, 0.15) is 27.6 Å². The summed E-state index contributed by atoms with van der Waals surface area (Å²) in [5, 5.41) is 4.88. The number of nitrogens with two attached hydrogens (primary N) is 1. The second kappa shape index (κ2) is 5.96. The fraction of sp³-hybridized carbons (Fsp3) is 0.188. The van der Waals surface area contributed by atoms with E-state index in [2.05, 4.69) is 10.1 Å². The first-order valence-corrected chi connectivity index (χ1v) is 7.20. The number of anilines is 1. The van der Waals surface area contributed by atoms with E-state index < -0.39 is 5.97 Å². The van der Waals surface area contributed by atoms with E-state index in [1.165, 1.54) is 6.20 Å². The number of ether oxygens (including phenoxy) is 1. The minimum atomic E-state index is -0.587. The first-order chi connectivity index (χ1) is 11.1. The van der Waals surface area contributed by atoms with Crippen molar-refractivity contribution < 1.29 is 14.3 Å². The molecule has 0 amide bonds. The molecule has 3 rings (SSSR count). The first kappa shape index (κ1) is 14.8. The van der Waals surface area contributed by atoms with Crippen molar-refractivity contribution >= 4 is 28.6 Å². The van der Waals surface area contributed by atoms with Crippen LogP contribution >= 0.6 is 0 Å². The van der Waals surface area contributed by atoms with Crippen molar-refractivity contribution in [2.45, 2.75) is 13.3 Å². The highest BCUT2D eigenvalue weighted by atomic mass is 16.5. The predicted octanol–water partition coefficient (Wildman–Crippen LogP) is 2.01. The quantitative estimate of drug-likeness (QED) is 0.717. The molecular weight excluding hydrogens is 296 g/mol. The van der Waals surface area contributed by atoms with Crippen LogP contribution in [0.25, 0.3) is 10.9 Å². The molecular formula is C16H16N4O3. The maximum Gasteiger partial charge on any atom is 0.343 e. The number of nitrogen functional groups attached to an aromatic ring is 1. The summed E-state index contributed by atoms with van der Waals surface area (Å²) in [6.07, 6.45) is 3.16. The van der Waals surface area contributed by atoms with Gasteiger partial charge in [0.05, 0.1) is 19.2 Å². The summed E-state index contributed by atoms with van der Waals surface area (Å²) in [6.45, 7) is 1.92. The van der Waals surface area contributed by atoms with Crippen LogP contribution in [-0.4, -0.2) is 33.2 Å². The van der Waals surface area contributed by atoms with E-state index in [0.29, 0.717) is 0 Å². The van der Waals surface area contributed by atoms with Crippen molar-refractivity contribution in [2.24, 2.45) is 0 Å². The van der Waals surface area contributed by atoms with Crippen LogP contribution in [0.15, 0.2) is 36.7 Å². The number of hydrogen-bond acceptors (Lipinski definition) is 5. The molecule has 0 aliphatic carbocycles. The van der Waals surface area contributed by atoms with E-state index in [1.54, 1.807) is 13.1 Å². The summed E-state index contributed by atoms with van der Waals surface area (Å²) in [5.41, 5.74) is 7.74. The van der Waals surface area contributed by atoms with Crippen molar-refractivity contribution in [3.63, 3.8) is 0 Å². The fourth-order valence-corrected chi connectivity index (χ4v) is 2.44. The van der Waals surface area contributed by atoms with E-state index >= 15 is 0 Å². The lowest BCUT2D eigenvalue weighted by Gasteiger charge is -2.04. The summed E-state index contributed by atoms with van der Waals surface area (Å²) in [7, 11) is 0. The number of rotatable bonds is 4. The highest BCUT2D eigenvalue weighted by Gasteiger charge is 2.20. The minimum Gasteiger partial charge on any atom is -0.462 e. The lowest BCUT2D eigenvalue weighted by atomic mass is 10.1. The molecule has 2 heterocycles. The van der Waals surface area contributed by atoms with Crippen molar-refractivity contribution in [2.75, 3.05) is 12.3 Å². The Morgan fingerprint density at radius 1 is 1.35 bits per heavy atom. The molecule has 2 aromatic heterocycles. The Balaban J connectivity index is 1.85. The van der Waals surface area contributed by atoms with Crippen molar-refractivity contribution in [3.05, 3.63) is 47.8 Å². The standard InChI is InChI=1S/C16H16N4O3/c1-2-23-16(22)12-9-19-20(15(12)17)14(21)7-10-8-18-13-6-4-3-5-11(10)13/h3-6,8-9,18H,2,7,17H2,1H3. The van der Waals surface area contributed by atoms with Crippen molar-refractivity contribution in [1.29, 1.82) is 0 Å². The van der Waals surface area contributed by atoms with Crippen LogP contribution in [0, 0.1) is 0 Å². The Morgan fingerprint density at radius 2 is 2.13 bits per heavy atom. The van der Waals surface area contributed by atoms with Crippen LogP contribution in [0.3, 0.4) is 0 Å². The number of carbonyl (C=O) groups is 2. The second-order valence-corrected chi connectivity index (χ2v) is 5.01. The van der Waals surface area contributed by atoms with Gasteiger partial charge in [0, 0.05) is 17.1 Å². The Hall–Kier alpha value is -3.09. The maximum absolute atomic E-state index is 12.4. The van der Waals surface area contributed by atoms with Gasteiger partial charge in [0.25, 0.3) is 5.91 Å². The molecule has 7 heteroatoms. The monoisotopic (exact) mass is 312 g/mol. The number of aromatic nitrogens is 3. The Bertz CT molecular complexity index is 878. The zero-order valence-electron chi connectivity index (χ0n) is 12.6. The molecule has 0 saturated carbocycles. The summed E-state index contributed by atoms with van der Waals surface area (Å²) in [5.74, 6) is -0.910. The molecule has 7 nitrogen and oxygen atoms in total. The topological polar surface area (TPSA) is 103 Å². The third-order valence-corrected chi connectivity index (χ3v) is 3.55. The van der Waals surface area contributed by atoms with Crippen LogP contribution in [0.2, 0.25) is 0 Å². The summed E-state index contributed by atoms with van der Waals surface area (Å²) in [6, 6.07) is 7.70. The molecule has 0 unspecified atom stereocenters. The molecule has 0 aliphatic heterocycles. The predicted molar refractivity (Wildman–Crippen MR) is 85.2 cm³/mol.